The third-order valence-corrected chi connectivity index (χ3v) is 2.34. The number of carbonyl (C=O) groups is 2. The number of esters is 2. The van der Waals surface area contributed by atoms with E-state index >= 15 is 0 Å². The second-order valence-corrected chi connectivity index (χ2v) is 3.66. The van der Waals surface area contributed by atoms with Crippen LogP contribution in [-0.4, -0.2) is 38.2 Å². The molecule has 6 heteroatoms. The van der Waals surface area contributed by atoms with Gasteiger partial charge in [0.05, 0.1) is 0 Å². The Morgan fingerprint density at radius 1 is 1.00 bits per heavy atom. The fourth-order valence-electron chi connectivity index (χ4n) is 1.51. The van der Waals surface area contributed by atoms with Crippen LogP contribution in [0.25, 0.3) is 0 Å². The van der Waals surface area contributed by atoms with Gasteiger partial charge in [-0.15, -0.1) is 0 Å². The predicted octanol–water partition coefficient (Wildman–Crippen LogP) is 2.94. The first-order valence-electron chi connectivity index (χ1n) is 6.87. The molecule has 0 saturated carbocycles. The summed E-state index contributed by atoms with van der Waals surface area (Å²) in [5, 5.41) is 0. The first-order chi connectivity index (χ1) is 10.0. The van der Waals surface area contributed by atoms with Crippen LogP contribution < -0.4 is 5.73 Å². The zero-order valence-corrected chi connectivity index (χ0v) is 12.9. The van der Waals surface area contributed by atoms with Gasteiger partial charge < -0.3 is 0 Å². The van der Waals surface area contributed by atoms with Crippen molar-refractivity contribution >= 4 is 25.0 Å². The summed E-state index contributed by atoms with van der Waals surface area (Å²) in [5.74, 6) is -1.04. The first-order valence-corrected chi connectivity index (χ1v) is 6.87. The number of carbonyl (C=O) groups excluding carboxylic acids is 2. The number of benzene rings is 1. The van der Waals surface area contributed by atoms with Crippen molar-refractivity contribution in [2.75, 3.05) is 13.2 Å². The zero-order valence-electron chi connectivity index (χ0n) is 12.9. The summed E-state index contributed by atoms with van der Waals surface area (Å²) in [7, 11) is 5.53. The maximum absolute atomic E-state index is 11.7. The summed E-state index contributed by atoms with van der Waals surface area (Å²) in [5.41, 5.74) is 6.23. The van der Waals surface area contributed by atoms with E-state index < -0.39 is 11.9 Å². The number of ether oxygens (including phenoxy) is 2. The molecule has 0 aromatic heterocycles. The van der Waals surface area contributed by atoms with E-state index in [-0.39, 0.29) is 50.3 Å². The van der Waals surface area contributed by atoms with Crippen molar-refractivity contribution in [1.82, 2.24) is 0 Å². The number of hydrogen-bond acceptors (Lipinski definition) is 5. The van der Waals surface area contributed by atoms with E-state index in [0.717, 1.165) is 0 Å². The molecule has 0 saturated heterocycles. The van der Waals surface area contributed by atoms with Crippen LogP contribution in [0.1, 0.15) is 68.8 Å². The monoisotopic (exact) mass is 322 g/mol. The van der Waals surface area contributed by atoms with Crippen LogP contribution in [0.2, 0.25) is 0 Å². The van der Waals surface area contributed by atoms with Gasteiger partial charge in [-0.2, -0.15) is 0 Å². The third kappa shape index (κ3) is 7.63. The van der Waals surface area contributed by atoms with Crippen LogP contribution in [0.4, 0.5) is 0 Å². The molecule has 0 fully saturated rings. The normalized spacial score (nSPS) is 8.30. The Labute approximate surface area is 141 Å². The number of hydrogen-bond donors (Lipinski definition) is 1. The molecule has 0 aliphatic rings. The second-order valence-electron chi connectivity index (χ2n) is 3.66. The van der Waals surface area contributed by atoms with Crippen molar-refractivity contribution < 1.29 is 19.1 Å². The van der Waals surface area contributed by atoms with Gasteiger partial charge in [-0.1, -0.05) is 28.7 Å². The summed E-state index contributed by atoms with van der Waals surface area (Å²) in [6.45, 7) is 7.90. The molecule has 0 spiro atoms. The molecule has 1 radical (unpaired) electrons. The maximum atomic E-state index is 11.7. The molecule has 1 aromatic rings. The van der Waals surface area contributed by atoms with Crippen LogP contribution in [0.5, 0.6) is 0 Å². The van der Waals surface area contributed by atoms with Gasteiger partial charge in [-0.3, -0.25) is 0 Å². The summed E-state index contributed by atoms with van der Waals surface area (Å²) in [4.78, 5) is 23.3. The molecule has 2 N–H and O–H groups in total. The Balaban J connectivity index is -0.000000960. The van der Waals surface area contributed by atoms with Crippen LogP contribution in [0, 0.1) is 0 Å². The van der Waals surface area contributed by atoms with E-state index in [1.54, 1.807) is 13.8 Å². The van der Waals surface area contributed by atoms with Gasteiger partial charge in [0, 0.05) is 0 Å². The minimum atomic E-state index is -0.540. The van der Waals surface area contributed by atoms with Gasteiger partial charge in [0.2, 0.25) is 0 Å². The Hall–Kier alpha value is -2.11. The summed E-state index contributed by atoms with van der Waals surface area (Å²) >= 11 is 0. The third-order valence-electron chi connectivity index (χ3n) is 2.34. The zero-order chi connectivity index (χ0) is 16.4. The van der Waals surface area contributed by atoms with Crippen molar-refractivity contribution in [3.63, 3.8) is 0 Å². The molecule has 0 heterocycles. The summed E-state index contributed by atoms with van der Waals surface area (Å²) < 4.78 is 9.75. The van der Waals surface area contributed by atoms with Crippen molar-refractivity contribution in [1.29, 1.82) is 0 Å². The quantitative estimate of drug-likeness (QED) is 0.666. The van der Waals surface area contributed by atoms with E-state index in [2.05, 4.69) is 0 Å². The number of rotatable bonds is 5. The van der Waals surface area contributed by atoms with E-state index in [4.69, 9.17) is 22.7 Å². The molecule has 1 aromatic carbocycles. The topological polar surface area (TPSA) is 78.6 Å². The van der Waals surface area contributed by atoms with Crippen molar-refractivity contribution in [3.05, 3.63) is 34.9 Å². The van der Waals surface area contributed by atoms with E-state index in [1.165, 1.54) is 18.2 Å². The van der Waals surface area contributed by atoms with E-state index in [0.29, 0.717) is 0 Å². The van der Waals surface area contributed by atoms with E-state index in [9.17, 15) is 9.59 Å². The first kappa shape index (κ1) is 25.8. The van der Waals surface area contributed by atoms with Gasteiger partial charge in [-0.25, -0.2) is 0 Å². The standard InChI is InChI=1S/C13H15BNO4.C2H6.2CH4/c1-3-18-12(16)8-5-6-9(13(17)19-4-2)10(7-8)11(14)15;1-2;;/h5-7H,3-4,15H2,1-2H3;1-2H3;2*1H4. The Morgan fingerprint density at radius 3 is 1.91 bits per heavy atom. The van der Waals surface area contributed by atoms with Crippen molar-refractivity contribution in [2.45, 2.75) is 42.5 Å². The Kier molecular flexibility index (Phi) is 15.2. The van der Waals surface area contributed by atoms with Crippen LogP contribution in [0.15, 0.2) is 18.2 Å². The molecule has 23 heavy (non-hydrogen) atoms. The van der Waals surface area contributed by atoms with Crippen LogP contribution in [0.3, 0.4) is 0 Å². The second kappa shape index (κ2) is 13.6. The van der Waals surface area contributed by atoms with Crippen molar-refractivity contribution in [2.24, 2.45) is 5.73 Å². The molecule has 0 unspecified atom stereocenters. The van der Waals surface area contributed by atoms with E-state index in [1.807, 2.05) is 13.8 Å². The fourth-order valence-corrected chi connectivity index (χ4v) is 1.51. The molecule has 1 rings (SSSR count). The van der Waals surface area contributed by atoms with Crippen LogP contribution >= 0.6 is 0 Å². The van der Waals surface area contributed by atoms with Crippen LogP contribution in [-0.2, 0) is 9.47 Å². The van der Waals surface area contributed by atoms with Gasteiger partial charge in [0.25, 0.3) is 0 Å². The summed E-state index contributed by atoms with van der Waals surface area (Å²) in [6, 6.07) is 4.33. The molecule has 0 aliphatic carbocycles. The molecule has 129 valence electrons. The van der Waals surface area contributed by atoms with Gasteiger partial charge in [-0.05, 0) is 0 Å². The molecule has 0 bridgehead atoms. The molecular formula is C17H29BNO4. The van der Waals surface area contributed by atoms with Gasteiger partial charge >= 0.3 is 112 Å². The van der Waals surface area contributed by atoms with Gasteiger partial charge in [0.15, 0.2) is 0 Å². The average Bonchev–Trinajstić information content (AvgIpc) is 2.49. The fraction of sp³-hybridized carbons (Fsp3) is 0.471. The SMILES string of the molecule is C.C.CC.[B]=C(N)c1cc(C(=O)OCC)ccc1C(=O)OCC. The molecule has 0 aliphatic heterocycles. The average molecular weight is 322 g/mol. The number of nitrogens with two attached hydrogens (primary N) is 1. The Bertz CT molecular complexity index is 515. The molecular weight excluding hydrogens is 293 g/mol. The molecule has 5 nitrogen and oxygen atoms in total. The Morgan fingerprint density at radius 2 is 1.48 bits per heavy atom. The van der Waals surface area contributed by atoms with Gasteiger partial charge in [0.1, 0.15) is 0 Å². The molecule has 0 amide bonds. The molecule has 0 atom stereocenters. The minimum absolute atomic E-state index is 0. The summed E-state index contributed by atoms with van der Waals surface area (Å²) in [6.07, 6.45) is 0. The van der Waals surface area contributed by atoms with Crippen molar-refractivity contribution in [3.8, 4) is 0 Å². The predicted molar refractivity (Wildman–Crippen MR) is 97.2 cm³/mol.